The van der Waals surface area contributed by atoms with Crippen molar-refractivity contribution in [3.8, 4) is 0 Å². The van der Waals surface area contributed by atoms with Gasteiger partial charge in [-0.3, -0.25) is 4.79 Å². The molecule has 1 N–H and O–H groups in total. The normalized spacial score (nSPS) is 24.4. The lowest BCUT2D eigenvalue weighted by atomic mass is 9.76. The maximum absolute atomic E-state index is 13.4. The Kier molecular flexibility index (Phi) is 8.93. The van der Waals surface area contributed by atoms with Crippen LogP contribution in [-0.2, 0) is 6.42 Å². The van der Waals surface area contributed by atoms with Gasteiger partial charge in [-0.1, -0.05) is 24.3 Å². The van der Waals surface area contributed by atoms with Gasteiger partial charge in [-0.05, 0) is 99.8 Å². The van der Waals surface area contributed by atoms with Gasteiger partial charge in [-0.15, -0.1) is 0 Å². The Balaban J connectivity index is 1.28. The second-order valence-corrected chi connectivity index (χ2v) is 11.0. The predicted octanol–water partition coefficient (Wildman–Crippen LogP) is 7.48. The molecule has 1 aliphatic carbocycles. The Morgan fingerprint density at radius 1 is 0.872 bits per heavy atom. The standard InChI is InChI=1S/C29H33F7N2O/c1-18(21-6-8-25(30)9-7-21)37-27(39)22-4-2-19(3-5-22)14-20-10-12-38(13-11-20)26-16-23(28(31,32)33)15-24(17-26)29(34,35)36/h2-9,18,20,23-24,26H,10-17H2,1H3,(H,37,39)/t18-,23-,24+,26?/m0/s1. The predicted molar refractivity (Wildman–Crippen MR) is 133 cm³/mol. The van der Waals surface area contributed by atoms with E-state index in [4.69, 9.17) is 0 Å². The van der Waals surface area contributed by atoms with E-state index >= 15 is 0 Å². The van der Waals surface area contributed by atoms with Crippen LogP contribution in [0.2, 0.25) is 0 Å². The molecule has 39 heavy (non-hydrogen) atoms. The summed E-state index contributed by atoms with van der Waals surface area (Å²) in [6.45, 7) is 2.77. The van der Waals surface area contributed by atoms with E-state index in [1.807, 2.05) is 24.0 Å². The van der Waals surface area contributed by atoms with Crippen molar-refractivity contribution >= 4 is 5.91 Å². The fraction of sp³-hybridized carbons (Fsp3) is 0.552. The molecule has 2 aliphatic rings. The van der Waals surface area contributed by atoms with E-state index in [0.717, 1.165) is 17.5 Å². The molecule has 3 nitrogen and oxygen atoms in total. The molecule has 1 saturated heterocycles. The maximum Gasteiger partial charge on any atom is 0.391 e. The van der Waals surface area contributed by atoms with Crippen molar-refractivity contribution < 1.29 is 35.5 Å². The molecule has 0 spiro atoms. The molecule has 4 rings (SSSR count). The Morgan fingerprint density at radius 3 is 1.92 bits per heavy atom. The van der Waals surface area contributed by atoms with Crippen LogP contribution in [0.5, 0.6) is 0 Å². The average Bonchev–Trinajstić information content (AvgIpc) is 2.88. The molecule has 1 heterocycles. The van der Waals surface area contributed by atoms with Gasteiger partial charge in [0.25, 0.3) is 5.91 Å². The number of benzene rings is 2. The zero-order valence-electron chi connectivity index (χ0n) is 21.7. The highest BCUT2D eigenvalue weighted by molar-refractivity contribution is 5.94. The first-order valence-corrected chi connectivity index (χ1v) is 13.3. The fourth-order valence-electron chi connectivity index (χ4n) is 5.88. The van der Waals surface area contributed by atoms with E-state index in [2.05, 4.69) is 5.32 Å². The molecule has 2 fully saturated rings. The number of piperidine rings is 1. The summed E-state index contributed by atoms with van der Waals surface area (Å²) in [7, 11) is 0. The van der Waals surface area contributed by atoms with Crippen molar-refractivity contribution in [3.63, 3.8) is 0 Å². The molecule has 0 aromatic heterocycles. The summed E-state index contributed by atoms with van der Waals surface area (Å²) >= 11 is 0. The number of nitrogens with one attached hydrogen (secondary N) is 1. The minimum absolute atomic E-state index is 0.256. The van der Waals surface area contributed by atoms with Gasteiger partial charge in [0, 0.05) is 11.6 Å². The van der Waals surface area contributed by atoms with Gasteiger partial charge in [0.1, 0.15) is 5.82 Å². The highest BCUT2D eigenvalue weighted by atomic mass is 19.4. The summed E-state index contributed by atoms with van der Waals surface area (Å²) < 4.78 is 93.3. The number of hydrogen-bond donors (Lipinski definition) is 1. The first kappa shape index (κ1) is 29.4. The van der Waals surface area contributed by atoms with Crippen LogP contribution in [-0.4, -0.2) is 42.3 Å². The fourth-order valence-corrected chi connectivity index (χ4v) is 5.88. The topological polar surface area (TPSA) is 32.3 Å². The zero-order valence-corrected chi connectivity index (χ0v) is 21.7. The largest absolute Gasteiger partial charge is 0.391 e. The monoisotopic (exact) mass is 558 g/mol. The number of likely N-dealkylation sites (tertiary alicyclic amines) is 1. The Hall–Kier alpha value is -2.62. The van der Waals surface area contributed by atoms with E-state index in [9.17, 15) is 35.5 Å². The lowest BCUT2D eigenvalue weighted by molar-refractivity contribution is -0.230. The van der Waals surface area contributed by atoms with Gasteiger partial charge >= 0.3 is 12.4 Å². The molecular weight excluding hydrogens is 525 g/mol. The van der Waals surface area contributed by atoms with Crippen LogP contribution >= 0.6 is 0 Å². The van der Waals surface area contributed by atoms with Crippen LogP contribution in [0.25, 0.3) is 0 Å². The molecule has 2 aromatic carbocycles. The molecule has 4 atom stereocenters. The number of alkyl halides is 6. The van der Waals surface area contributed by atoms with Crippen LogP contribution in [0.1, 0.15) is 66.6 Å². The number of carbonyl (C=O) groups is 1. The third-order valence-electron chi connectivity index (χ3n) is 8.23. The molecule has 0 radical (unpaired) electrons. The van der Waals surface area contributed by atoms with Crippen molar-refractivity contribution in [2.24, 2.45) is 17.8 Å². The van der Waals surface area contributed by atoms with Gasteiger partial charge in [-0.25, -0.2) is 4.39 Å². The third-order valence-corrected chi connectivity index (χ3v) is 8.23. The lowest BCUT2D eigenvalue weighted by Crippen LogP contribution is -2.49. The average molecular weight is 559 g/mol. The highest BCUT2D eigenvalue weighted by Crippen LogP contribution is 2.47. The summed E-state index contributed by atoms with van der Waals surface area (Å²) in [5.41, 5.74) is 2.28. The number of carbonyl (C=O) groups excluding carboxylic acids is 1. The first-order valence-electron chi connectivity index (χ1n) is 13.3. The minimum atomic E-state index is -4.62. The van der Waals surface area contributed by atoms with E-state index in [1.165, 1.54) is 12.1 Å². The highest BCUT2D eigenvalue weighted by Gasteiger charge is 2.52. The quantitative estimate of drug-likeness (QED) is 0.373. The molecule has 1 saturated carbocycles. The smallest absolute Gasteiger partial charge is 0.346 e. The molecule has 1 unspecified atom stereocenters. The first-order chi connectivity index (χ1) is 18.3. The van der Waals surface area contributed by atoms with E-state index in [1.54, 1.807) is 24.3 Å². The van der Waals surface area contributed by atoms with Crippen molar-refractivity contribution in [3.05, 3.63) is 71.0 Å². The Bertz CT molecular complexity index is 1070. The third kappa shape index (κ3) is 7.74. The van der Waals surface area contributed by atoms with Crippen molar-refractivity contribution in [2.75, 3.05) is 13.1 Å². The summed E-state index contributed by atoms with van der Waals surface area (Å²) in [6.07, 6.45) is -8.55. The van der Waals surface area contributed by atoms with Crippen molar-refractivity contribution in [1.82, 2.24) is 10.2 Å². The van der Waals surface area contributed by atoms with E-state index in [-0.39, 0.29) is 36.5 Å². The Labute approximate surface area is 223 Å². The molecule has 214 valence electrons. The molecule has 0 bridgehead atoms. The number of amides is 1. The number of hydrogen-bond acceptors (Lipinski definition) is 2. The molecule has 2 aromatic rings. The summed E-state index contributed by atoms with van der Waals surface area (Å²) in [4.78, 5) is 14.4. The summed E-state index contributed by atoms with van der Waals surface area (Å²) in [5, 5.41) is 2.89. The van der Waals surface area contributed by atoms with Crippen LogP contribution in [0.3, 0.4) is 0 Å². The number of halogens is 7. The molecular formula is C29H33F7N2O. The van der Waals surface area contributed by atoms with Gasteiger partial charge < -0.3 is 10.2 Å². The lowest BCUT2D eigenvalue weighted by Gasteiger charge is -2.44. The molecule has 1 aliphatic heterocycles. The second-order valence-electron chi connectivity index (χ2n) is 11.0. The van der Waals surface area contributed by atoms with Crippen LogP contribution in [0.4, 0.5) is 30.7 Å². The van der Waals surface area contributed by atoms with Crippen LogP contribution < -0.4 is 5.32 Å². The zero-order chi connectivity index (χ0) is 28.4. The summed E-state index contributed by atoms with van der Waals surface area (Å²) in [5.74, 6) is -4.18. The van der Waals surface area contributed by atoms with Gasteiger partial charge in [0.2, 0.25) is 0 Å². The SMILES string of the molecule is C[C@H](NC(=O)c1ccc(CC2CCN(C3C[C@@H](C(F)(F)F)C[C@@H](C(F)(F)F)C3)CC2)cc1)c1ccc(F)cc1. The molecule has 10 heteroatoms. The summed E-state index contributed by atoms with van der Waals surface area (Å²) in [6, 6.07) is 12.1. The van der Waals surface area contributed by atoms with Gasteiger partial charge in [0.05, 0.1) is 17.9 Å². The maximum atomic E-state index is 13.4. The minimum Gasteiger partial charge on any atom is -0.346 e. The Morgan fingerprint density at radius 2 is 1.41 bits per heavy atom. The van der Waals surface area contributed by atoms with E-state index < -0.39 is 36.7 Å². The van der Waals surface area contributed by atoms with Gasteiger partial charge in [0.15, 0.2) is 0 Å². The van der Waals surface area contributed by atoms with Crippen molar-refractivity contribution in [1.29, 1.82) is 0 Å². The van der Waals surface area contributed by atoms with E-state index in [0.29, 0.717) is 31.5 Å². The van der Waals surface area contributed by atoms with Crippen LogP contribution in [0, 0.1) is 23.6 Å². The van der Waals surface area contributed by atoms with Gasteiger partial charge in [-0.2, -0.15) is 26.3 Å². The van der Waals surface area contributed by atoms with Crippen molar-refractivity contribution in [2.45, 2.75) is 69.9 Å². The molecule has 1 amide bonds. The van der Waals surface area contributed by atoms with Crippen LogP contribution in [0.15, 0.2) is 48.5 Å². The number of rotatable bonds is 6. The number of nitrogens with zero attached hydrogens (tertiary/aromatic N) is 1. The second kappa shape index (κ2) is 11.9.